The van der Waals surface area contributed by atoms with Crippen LogP contribution in [0.25, 0.3) is 0 Å². The van der Waals surface area contributed by atoms with Crippen LogP contribution in [0.4, 0.5) is 0 Å². The molecule has 0 spiro atoms. The van der Waals surface area contributed by atoms with E-state index in [4.69, 9.17) is 0 Å². The monoisotopic (exact) mass is 582 g/mol. The molecule has 0 aromatic carbocycles. The van der Waals surface area contributed by atoms with E-state index in [0.717, 1.165) is 0 Å². The van der Waals surface area contributed by atoms with Gasteiger partial charge in [-0.05, 0) is 59.3 Å². The molecule has 0 aliphatic carbocycles. The molecule has 0 N–H and O–H groups in total. The van der Waals surface area contributed by atoms with Crippen molar-refractivity contribution in [2.45, 2.75) is 101 Å². The van der Waals surface area contributed by atoms with Crippen molar-refractivity contribution in [2.75, 3.05) is 0 Å². The first kappa shape index (κ1) is 44.0. The molecule has 0 aliphatic heterocycles. The molecule has 13 heteroatoms. The number of carbonyl (C=O) groups excluding carboxylic acids is 9. The zero-order chi connectivity index (χ0) is 31.9. The van der Waals surface area contributed by atoms with Crippen molar-refractivity contribution >= 4 is 70.0 Å². The van der Waals surface area contributed by atoms with Crippen LogP contribution in [0.5, 0.6) is 0 Å². The number of hydrogen-bond donors (Lipinski definition) is 0. The summed E-state index contributed by atoms with van der Waals surface area (Å²) in [7, 11) is 0. The largest absolute Gasteiger partial charge is 3.00 e. The molecule has 0 heterocycles. The molecule has 222 valence electrons. The number of ketones is 6. The summed E-state index contributed by atoms with van der Waals surface area (Å²) in [6.45, 7) is 13.4. The summed E-state index contributed by atoms with van der Waals surface area (Å²) in [5.41, 5.74) is -4.13. The Morgan fingerprint density at radius 2 is 0.525 bits per heavy atom. The minimum Gasteiger partial charge on any atom is -0.542 e. The summed E-state index contributed by atoms with van der Waals surface area (Å²) in [4.78, 5) is 98.1. The van der Waals surface area contributed by atoms with Gasteiger partial charge >= 0.3 is 17.4 Å². The standard InChI is InChI=1S/3C9H14O4.Al/c3*1-4-9(5-2,6(3)10)7(11)8(12)13;/h3*4-5H2,1-3H3,(H,12,13);/q;;;+3/p-3. The van der Waals surface area contributed by atoms with E-state index in [1.807, 2.05) is 0 Å². The second kappa shape index (κ2) is 19.1. The van der Waals surface area contributed by atoms with E-state index in [1.165, 1.54) is 20.8 Å². The third-order valence-electron chi connectivity index (χ3n) is 7.50. The Hall–Kier alpha value is -3.04. The SMILES string of the molecule is CCC(CC)(C(C)=O)C(=O)C(=O)[O-].CCC(CC)(C(C)=O)C(=O)C(=O)[O-].CCC(CC)(C(C)=O)C(=O)C(=O)[O-].[Al+3]. The van der Waals surface area contributed by atoms with Gasteiger partial charge in [0, 0.05) is 0 Å². The maximum atomic E-state index is 11.2. The van der Waals surface area contributed by atoms with Crippen molar-refractivity contribution in [1.29, 1.82) is 0 Å². The molecule has 0 unspecified atom stereocenters. The van der Waals surface area contributed by atoms with Crippen LogP contribution in [0, 0.1) is 16.2 Å². The first-order chi connectivity index (χ1) is 17.8. The van der Waals surface area contributed by atoms with E-state index in [0.29, 0.717) is 0 Å². The van der Waals surface area contributed by atoms with Gasteiger partial charge in [-0.3, -0.25) is 28.8 Å². The molecular weight excluding hydrogens is 543 g/mol. The quantitative estimate of drug-likeness (QED) is 0.125. The van der Waals surface area contributed by atoms with Crippen molar-refractivity contribution in [3.8, 4) is 0 Å². The number of hydrogen-bond acceptors (Lipinski definition) is 12. The van der Waals surface area contributed by atoms with Crippen molar-refractivity contribution in [1.82, 2.24) is 0 Å². The van der Waals surface area contributed by atoms with Gasteiger partial charge in [-0.15, -0.1) is 0 Å². The molecule has 0 fully saturated rings. The molecule has 0 radical (unpaired) electrons. The number of carboxylic acids is 3. The van der Waals surface area contributed by atoms with Gasteiger partial charge in [-0.2, -0.15) is 0 Å². The minimum absolute atomic E-state index is 0. The topological polar surface area (TPSA) is 223 Å². The Kier molecular flexibility index (Phi) is 21.0. The maximum absolute atomic E-state index is 11.2. The maximum Gasteiger partial charge on any atom is 3.00 e. The number of rotatable bonds is 15. The van der Waals surface area contributed by atoms with E-state index < -0.39 is 68.9 Å². The second-order valence-corrected chi connectivity index (χ2v) is 8.89. The summed E-state index contributed by atoms with van der Waals surface area (Å²) in [6.07, 6.45) is 1.20. The van der Waals surface area contributed by atoms with Gasteiger partial charge in [0.1, 0.15) is 35.3 Å². The molecule has 0 atom stereocenters. The van der Waals surface area contributed by atoms with Gasteiger partial charge in [0.25, 0.3) is 0 Å². The molecule has 0 saturated carbocycles. The Labute approximate surface area is 245 Å². The molecule has 0 aromatic heterocycles. The molecule has 0 aliphatic rings. The van der Waals surface area contributed by atoms with Crippen LogP contribution in [0.3, 0.4) is 0 Å². The van der Waals surface area contributed by atoms with E-state index in [2.05, 4.69) is 0 Å². The predicted molar refractivity (Wildman–Crippen MR) is 137 cm³/mol. The molecule has 0 bridgehead atoms. The first-order valence-corrected chi connectivity index (χ1v) is 12.6. The smallest absolute Gasteiger partial charge is 0.542 e. The fourth-order valence-corrected chi connectivity index (χ4v) is 4.27. The van der Waals surface area contributed by atoms with Crippen LogP contribution in [0.15, 0.2) is 0 Å². The minimum atomic E-state index is -1.78. The fraction of sp³-hybridized carbons (Fsp3) is 0.667. The van der Waals surface area contributed by atoms with Gasteiger partial charge in [0.2, 0.25) is 0 Å². The van der Waals surface area contributed by atoms with Gasteiger partial charge in [0.05, 0.1) is 16.2 Å². The molecule has 12 nitrogen and oxygen atoms in total. The molecule has 0 amide bonds. The number of Topliss-reactive ketones (excluding diaryl/α,β-unsaturated/α-hetero) is 6. The molecule has 0 saturated heterocycles. The third-order valence-corrected chi connectivity index (χ3v) is 7.50. The first-order valence-electron chi connectivity index (χ1n) is 12.6. The Balaban J connectivity index is -0.000000240. The van der Waals surface area contributed by atoms with Crippen molar-refractivity contribution in [2.24, 2.45) is 16.2 Å². The van der Waals surface area contributed by atoms with Crippen LogP contribution < -0.4 is 15.3 Å². The Morgan fingerprint density at radius 3 is 0.550 bits per heavy atom. The summed E-state index contributed by atoms with van der Waals surface area (Å²) < 4.78 is 0. The van der Waals surface area contributed by atoms with E-state index >= 15 is 0 Å². The number of carbonyl (C=O) groups is 9. The van der Waals surface area contributed by atoms with E-state index in [-0.39, 0.29) is 55.9 Å². The second-order valence-electron chi connectivity index (χ2n) is 8.89. The van der Waals surface area contributed by atoms with Crippen LogP contribution in [0.1, 0.15) is 101 Å². The van der Waals surface area contributed by atoms with E-state index in [1.54, 1.807) is 41.5 Å². The van der Waals surface area contributed by atoms with Crippen LogP contribution in [0.2, 0.25) is 0 Å². The summed E-state index contributed by atoms with van der Waals surface area (Å²) in [5.74, 6) is -9.89. The molecular formula is C27H39AlO12. The summed E-state index contributed by atoms with van der Waals surface area (Å²) in [5, 5.41) is 31.1. The average Bonchev–Trinajstić information content (AvgIpc) is 2.87. The molecule has 0 rings (SSSR count). The van der Waals surface area contributed by atoms with Crippen molar-refractivity contribution in [3.63, 3.8) is 0 Å². The normalized spacial score (nSPS) is 10.7. The van der Waals surface area contributed by atoms with Gasteiger partial charge in [0.15, 0.2) is 17.3 Å². The van der Waals surface area contributed by atoms with Gasteiger partial charge in [-0.25, -0.2) is 0 Å². The predicted octanol–water partition coefficient (Wildman–Crippen LogP) is -1.28. The summed E-state index contributed by atoms with van der Waals surface area (Å²) in [6, 6.07) is 0. The molecule has 40 heavy (non-hydrogen) atoms. The zero-order valence-corrected chi connectivity index (χ0v) is 25.9. The third kappa shape index (κ3) is 10.2. The van der Waals surface area contributed by atoms with Crippen LogP contribution in [-0.4, -0.2) is 70.0 Å². The Bertz CT molecular complexity index is 844. The van der Waals surface area contributed by atoms with Crippen molar-refractivity contribution < 1.29 is 58.5 Å². The zero-order valence-electron chi connectivity index (χ0n) is 24.7. The Morgan fingerprint density at radius 1 is 0.400 bits per heavy atom. The number of carboxylic acid groups (broad SMARTS) is 3. The van der Waals surface area contributed by atoms with Crippen LogP contribution >= 0.6 is 0 Å². The average molecular weight is 583 g/mol. The summed E-state index contributed by atoms with van der Waals surface area (Å²) >= 11 is 0. The van der Waals surface area contributed by atoms with Crippen molar-refractivity contribution in [3.05, 3.63) is 0 Å². The molecule has 0 aromatic rings. The number of aliphatic carboxylic acids is 3. The van der Waals surface area contributed by atoms with Gasteiger partial charge < -0.3 is 29.7 Å². The van der Waals surface area contributed by atoms with Gasteiger partial charge in [-0.1, -0.05) is 41.5 Å². The fourth-order valence-electron chi connectivity index (χ4n) is 4.27. The van der Waals surface area contributed by atoms with Crippen LogP contribution in [-0.2, 0) is 43.2 Å². The van der Waals surface area contributed by atoms with E-state index in [9.17, 15) is 58.5 Å².